The summed E-state index contributed by atoms with van der Waals surface area (Å²) in [4.78, 5) is 60.1. The number of nitro groups is 2. The molecule has 88 heavy (non-hydrogen) atoms. The lowest BCUT2D eigenvalue weighted by Gasteiger charge is -2.22. The highest BCUT2D eigenvalue weighted by molar-refractivity contribution is 8.21. The van der Waals surface area contributed by atoms with E-state index in [-0.39, 0.29) is 71.5 Å². The number of rotatable bonds is 17. The third kappa shape index (κ3) is 14.7. The highest BCUT2D eigenvalue weighted by Crippen LogP contribution is 2.46. The molecule has 0 aliphatic heterocycles. The molecule has 2 heterocycles. The van der Waals surface area contributed by atoms with Crippen LogP contribution in [0.2, 0.25) is 0 Å². The number of hydrogen-bond acceptors (Lipinski definition) is 14. The zero-order valence-corrected chi connectivity index (χ0v) is 47.0. The van der Waals surface area contributed by atoms with Crippen LogP contribution >= 0.6 is 33.4 Å². The SMILES string of the molecule is C.C.C.O=C(O)C(Cc1c(Sc2ccccc2[N+](=O)[O-])[nH]c2ccccc12)N=C([O-])OCC1c2ccccc2-c2ccccc21.O=C(O)C(Cc1c[nH]c2ccccc12)N=C([O-])OCC1c2ccccc2-c2ccccc21.O=[N+]([O-])c1ccccc1SCl. The van der Waals surface area contributed by atoms with E-state index >= 15 is 0 Å². The number of ether oxygens (including phenoxy) is 2. The van der Waals surface area contributed by atoms with Crippen molar-refractivity contribution in [2.45, 2.75) is 73.9 Å². The highest BCUT2D eigenvalue weighted by atomic mass is 35.7. The molecular formula is C67H61ClN6O12S2-2. The van der Waals surface area contributed by atoms with Gasteiger partial charge < -0.3 is 39.9 Å². The zero-order valence-electron chi connectivity index (χ0n) is 44.7. The first-order valence-electron chi connectivity index (χ1n) is 26.4. The quantitative estimate of drug-likeness (QED) is 0.0286. The van der Waals surface area contributed by atoms with Gasteiger partial charge in [0.05, 0.1) is 19.8 Å². The number of carboxylic acid groups (broad SMARTS) is 2. The molecule has 0 spiro atoms. The number of nitrogens with zero attached hydrogens (tertiary/aromatic N) is 4. The Morgan fingerprint density at radius 1 is 0.534 bits per heavy atom. The van der Waals surface area contributed by atoms with Gasteiger partial charge in [-0.25, -0.2) is 9.59 Å². The number of hydrogen-bond donors (Lipinski definition) is 4. The number of aromatic nitrogens is 2. The normalized spacial score (nSPS) is 12.8. The van der Waals surface area contributed by atoms with E-state index in [0.717, 1.165) is 94.6 Å². The van der Waals surface area contributed by atoms with Gasteiger partial charge in [0.15, 0.2) is 12.1 Å². The van der Waals surface area contributed by atoms with Crippen LogP contribution in [0.5, 0.6) is 0 Å². The number of aromatic amines is 2. The number of carboxylic acids is 2. The van der Waals surface area contributed by atoms with Crippen LogP contribution in [-0.2, 0) is 31.9 Å². The molecule has 452 valence electrons. The molecule has 18 nitrogen and oxygen atoms in total. The van der Waals surface area contributed by atoms with Crippen LogP contribution in [0.25, 0.3) is 44.1 Å². The number of aliphatic imine (C=N–C) groups is 2. The van der Waals surface area contributed by atoms with Crippen LogP contribution in [-0.4, -0.2) is 79.4 Å². The lowest BCUT2D eigenvalue weighted by molar-refractivity contribution is -0.387. The number of H-pyrrole nitrogens is 2. The third-order valence-corrected chi connectivity index (χ3v) is 16.6. The van der Waals surface area contributed by atoms with Crippen LogP contribution in [0.15, 0.2) is 225 Å². The van der Waals surface area contributed by atoms with Gasteiger partial charge in [-0.2, -0.15) is 0 Å². The van der Waals surface area contributed by atoms with Gasteiger partial charge in [0.25, 0.3) is 11.4 Å². The fourth-order valence-electron chi connectivity index (χ4n) is 10.5. The molecule has 0 bridgehead atoms. The molecule has 8 aromatic carbocycles. The first-order chi connectivity index (χ1) is 41.3. The highest BCUT2D eigenvalue weighted by Gasteiger charge is 2.30. The van der Waals surface area contributed by atoms with Crippen molar-refractivity contribution >= 4 is 90.7 Å². The molecule has 21 heteroatoms. The number of fused-ring (bicyclic) bond motifs is 8. The van der Waals surface area contributed by atoms with Crippen molar-refractivity contribution in [3.63, 3.8) is 0 Å². The molecule has 2 unspecified atom stereocenters. The lowest BCUT2D eigenvalue weighted by Crippen LogP contribution is -2.30. The summed E-state index contributed by atoms with van der Waals surface area (Å²) < 4.78 is 11.0. The fourth-order valence-corrected chi connectivity index (χ4v) is 12.4. The third-order valence-electron chi connectivity index (χ3n) is 14.4. The standard InChI is InChI=1S/C32H25N3O6S.C26H22N2O4.C6H4ClNO2S.3CH4/c36-31(37)27(34-32(38)41-18-25-21-11-3-1-9-19(21)20-10-2-4-12-22(20)25)17-24-23-13-5-6-14-26(23)33-30(24)42-29-16-8-7-15-28(29)35(39)40;29-25(30)24(13-16-14-27-23-12-6-5-7-17(16)23)28-26(31)32-15-22-20-10-3-1-8-18(20)19-9-2-4-11-21(19)22;7-11-6-4-2-1-3-5(6)8(9)10;;;/h1-16,25,27,33H,17-18H2,(H,34,38)(H,36,37);1-12,14,22,24,27H,13,15H2,(H,28,31)(H,29,30);1-4H;3*1H4/p-2. The van der Waals surface area contributed by atoms with Gasteiger partial charge in [-0.3, -0.25) is 30.2 Å². The number of benzene rings is 8. The summed E-state index contributed by atoms with van der Waals surface area (Å²) in [6, 6.07) is 56.9. The van der Waals surface area contributed by atoms with E-state index < -0.39 is 46.0 Å². The van der Waals surface area contributed by atoms with Crippen LogP contribution < -0.4 is 10.2 Å². The van der Waals surface area contributed by atoms with Crippen molar-refractivity contribution in [3.05, 3.63) is 254 Å². The Balaban J connectivity index is 0.000000212. The molecule has 0 fully saturated rings. The van der Waals surface area contributed by atoms with Crippen LogP contribution in [0.1, 0.15) is 67.5 Å². The van der Waals surface area contributed by atoms with Gasteiger partial charge in [-0.05, 0) is 102 Å². The van der Waals surface area contributed by atoms with Crippen LogP contribution in [0, 0.1) is 20.2 Å². The summed E-state index contributed by atoms with van der Waals surface area (Å²) in [7, 11) is 6.24. The smallest absolute Gasteiger partial charge is 0.328 e. The molecule has 2 aromatic heterocycles. The maximum absolute atomic E-state index is 12.9. The molecule has 0 amide bonds. The summed E-state index contributed by atoms with van der Waals surface area (Å²) in [6.45, 7) is 0.129. The van der Waals surface area contributed by atoms with Crippen molar-refractivity contribution in [3.8, 4) is 22.3 Å². The molecule has 2 aliphatic carbocycles. The van der Waals surface area contributed by atoms with Crippen LogP contribution in [0.4, 0.5) is 11.4 Å². The minimum Gasteiger partial charge on any atom is -0.599 e. The number of para-hydroxylation sites is 4. The summed E-state index contributed by atoms with van der Waals surface area (Å²) in [5, 5.41) is 69.1. The molecule has 0 saturated carbocycles. The molecule has 0 saturated heterocycles. The van der Waals surface area contributed by atoms with Gasteiger partial charge in [0, 0.05) is 78.0 Å². The average Bonchev–Trinajstić information content (AvgIpc) is 3.55. The van der Waals surface area contributed by atoms with Gasteiger partial charge in [0.2, 0.25) is 0 Å². The lowest BCUT2D eigenvalue weighted by atomic mass is 9.98. The second-order valence-electron chi connectivity index (χ2n) is 19.4. The van der Waals surface area contributed by atoms with Crippen molar-refractivity contribution in [2.75, 3.05) is 13.2 Å². The Morgan fingerprint density at radius 2 is 0.920 bits per heavy atom. The fraction of sp³-hybridized carbons (Fsp3) is 0.164. The number of nitro benzene ring substituents is 2. The van der Waals surface area contributed by atoms with E-state index in [1.807, 2.05) is 133 Å². The van der Waals surface area contributed by atoms with Crippen molar-refractivity contribution in [1.82, 2.24) is 9.97 Å². The number of halogens is 1. The Bertz CT molecular complexity index is 4100. The first-order valence-corrected chi connectivity index (χ1v) is 28.9. The Morgan fingerprint density at radius 3 is 1.38 bits per heavy atom. The molecule has 12 rings (SSSR count). The predicted molar refractivity (Wildman–Crippen MR) is 343 cm³/mol. The minimum absolute atomic E-state index is 0. The molecule has 10 aromatic rings. The monoisotopic (exact) mass is 1240 g/mol. The van der Waals surface area contributed by atoms with Gasteiger partial charge >= 0.3 is 11.9 Å². The van der Waals surface area contributed by atoms with E-state index in [0.29, 0.717) is 20.4 Å². The van der Waals surface area contributed by atoms with E-state index in [1.54, 1.807) is 42.6 Å². The number of nitrogens with one attached hydrogen (secondary N) is 2. The minimum atomic E-state index is -1.43. The molecular weight excluding hydrogens is 1180 g/mol. The first kappa shape index (κ1) is 65.6. The second kappa shape index (κ2) is 30.0. The molecule has 4 N–H and O–H groups in total. The van der Waals surface area contributed by atoms with Crippen molar-refractivity contribution < 1.29 is 49.3 Å². The summed E-state index contributed by atoms with van der Waals surface area (Å²) in [6.07, 6.45) is -0.0831. The second-order valence-corrected chi connectivity index (χ2v) is 21.6. The molecule has 2 aliphatic rings. The Hall–Kier alpha value is -9.89. The van der Waals surface area contributed by atoms with E-state index in [2.05, 4.69) is 32.1 Å². The topological polar surface area (TPSA) is 282 Å². The number of carbonyl (C=O) groups is 2. The summed E-state index contributed by atoms with van der Waals surface area (Å²) in [5.74, 6) is -2.73. The van der Waals surface area contributed by atoms with E-state index in [1.165, 1.54) is 12.1 Å². The predicted octanol–water partition coefficient (Wildman–Crippen LogP) is 14.2. The van der Waals surface area contributed by atoms with Gasteiger partial charge in [-0.15, -0.1) is 0 Å². The largest absolute Gasteiger partial charge is 0.599 e. The molecule has 0 radical (unpaired) electrons. The van der Waals surface area contributed by atoms with E-state index in [4.69, 9.17) is 20.2 Å². The maximum atomic E-state index is 12.9. The zero-order chi connectivity index (χ0) is 59.6. The van der Waals surface area contributed by atoms with Gasteiger partial charge in [0.1, 0.15) is 17.1 Å². The van der Waals surface area contributed by atoms with Crippen LogP contribution in [0.3, 0.4) is 0 Å². The Labute approximate surface area is 520 Å². The van der Waals surface area contributed by atoms with Crippen molar-refractivity contribution in [1.29, 1.82) is 0 Å². The Kier molecular flexibility index (Phi) is 22.3. The summed E-state index contributed by atoms with van der Waals surface area (Å²) in [5.41, 5.74) is 11.7. The van der Waals surface area contributed by atoms with E-state index in [9.17, 15) is 50.2 Å². The summed E-state index contributed by atoms with van der Waals surface area (Å²) >= 11 is 1.13. The van der Waals surface area contributed by atoms with Gasteiger partial charge in [-0.1, -0.05) is 192 Å². The van der Waals surface area contributed by atoms with Crippen molar-refractivity contribution in [2.24, 2.45) is 9.98 Å². The maximum Gasteiger partial charge on any atom is 0.328 e. The number of aliphatic carboxylic acids is 2. The average molecular weight is 1240 g/mol. The molecule has 2 atom stereocenters.